The lowest BCUT2D eigenvalue weighted by atomic mass is 10.1. The van der Waals surface area contributed by atoms with E-state index >= 15 is 0 Å². The highest BCUT2D eigenvalue weighted by molar-refractivity contribution is 14.0. The van der Waals surface area contributed by atoms with Crippen molar-refractivity contribution in [1.82, 2.24) is 10.3 Å². The van der Waals surface area contributed by atoms with Crippen molar-refractivity contribution in [2.45, 2.75) is 19.8 Å². The molecule has 0 aliphatic heterocycles. The Morgan fingerprint density at radius 2 is 2.24 bits per heavy atom. The van der Waals surface area contributed by atoms with Gasteiger partial charge in [-0.3, -0.25) is 4.99 Å². The lowest BCUT2D eigenvalue weighted by Crippen LogP contribution is -2.33. The topological polar surface area (TPSA) is 75.4 Å². The van der Waals surface area contributed by atoms with Gasteiger partial charge in [0, 0.05) is 30.2 Å². The second-order valence-electron chi connectivity index (χ2n) is 4.64. The highest BCUT2D eigenvalue weighted by Gasteiger charge is 2.08. The molecule has 0 atom stereocenters. The quantitative estimate of drug-likeness (QED) is 0.395. The molecule has 1 aromatic heterocycles. The van der Waals surface area contributed by atoms with Crippen molar-refractivity contribution in [1.29, 1.82) is 0 Å². The smallest absolute Gasteiger partial charge is 0.188 e. The molecule has 2 rings (SSSR count). The highest BCUT2D eigenvalue weighted by Crippen LogP contribution is 2.28. The number of aliphatic imine (C=N–C) groups is 1. The molecule has 1 aromatic carbocycles. The first-order valence-electron chi connectivity index (χ1n) is 6.93. The average Bonchev–Trinajstić information content (AvgIpc) is 2.88. The summed E-state index contributed by atoms with van der Waals surface area (Å²) >= 11 is 0. The van der Waals surface area contributed by atoms with Crippen LogP contribution in [-0.2, 0) is 6.42 Å². The van der Waals surface area contributed by atoms with E-state index in [2.05, 4.69) is 22.2 Å². The molecule has 21 heavy (non-hydrogen) atoms. The molecule has 0 unspecified atom stereocenters. The predicted octanol–water partition coefficient (Wildman–Crippen LogP) is 2.65. The molecule has 0 saturated heterocycles. The number of methoxy groups -OCH3 is 1. The number of benzene rings is 1. The maximum absolute atomic E-state index is 5.77. The summed E-state index contributed by atoms with van der Waals surface area (Å²) in [5.74, 6) is 1.41. The van der Waals surface area contributed by atoms with E-state index in [1.54, 1.807) is 7.11 Å². The number of rotatable bonds is 6. The summed E-state index contributed by atoms with van der Waals surface area (Å²) in [6.07, 6.45) is 3.89. The zero-order chi connectivity index (χ0) is 14.4. The van der Waals surface area contributed by atoms with Crippen LogP contribution in [0.4, 0.5) is 0 Å². The number of H-pyrrole nitrogens is 1. The van der Waals surface area contributed by atoms with Gasteiger partial charge >= 0.3 is 0 Å². The van der Waals surface area contributed by atoms with E-state index in [0.717, 1.165) is 42.6 Å². The molecule has 0 radical (unpaired) electrons. The molecule has 2 aromatic rings. The molecule has 0 spiro atoms. The molecule has 5 nitrogen and oxygen atoms in total. The van der Waals surface area contributed by atoms with Crippen LogP contribution in [0.15, 0.2) is 29.4 Å². The molecule has 0 fully saturated rings. The van der Waals surface area contributed by atoms with Crippen LogP contribution in [0.5, 0.6) is 5.75 Å². The van der Waals surface area contributed by atoms with Gasteiger partial charge in [-0.25, -0.2) is 0 Å². The third-order valence-electron chi connectivity index (χ3n) is 3.18. The molecule has 116 valence electrons. The van der Waals surface area contributed by atoms with Gasteiger partial charge in [0.15, 0.2) is 5.96 Å². The van der Waals surface area contributed by atoms with Crippen molar-refractivity contribution in [3.8, 4) is 5.75 Å². The van der Waals surface area contributed by atoms with Gasteiger partial charge in [0.25, 0.3) is 0 Å². The van der Waals surface area contributed by atoms with Crippen molar-refractivity contribution in [3.05, 3.63) is 30.0 Å². The lowest BCUT2D eigenvalue weighted by Gasteiger charge is -2.07. The summed E-state index contributed by atoms with van der Waals surface area (Å²) in [5.41, 5.74) is 8.08. The second-order valence-corrected chi connectivity index (χ2v) is 4.64. The molecule has 0 aliphatic rings. The van der Waals surface area contributed by atoms with Gasteiger partial charge in [-0.15, -0.1) is 24.0 Å². The fourth-order valence-corrected chi connectivity index (χ4v) is 2.20. The number of fused-ring (bicyclic) bond motifs is 1. The van der Waals surface area contributed by atoms with Crippen LogP contribution >= 0.6 is 24.0 Å². The van der Waals surface area contributed by atoms with Gasteiger partial charge in [-0.2, -0.15) is 0 Å². The Hall–Kier alpha value is -1.44. The van der Waals surface area contributed by atoms with E-state index < -0.39 is 0 Å². The Bertz CT molecular complexity index is 594. The first kappa shape index (κ1) is 17.6. The summed E-state index contributed by atoms with van der Waals surface area (Å²) in [6, 6.07) is 6.01. The lowest BCUT2D eigenvalue weighted by molar-refractivity contribution is 0.419. The fraction of sp³-hybridized carbons (Fsp3) is 0.400. The van der Waals surface area contributed by atoms with Crippen molar-refractivity contribution >= 4 is 40.8 Å². The van der Waals surface area contributed by atoms with Gasteiger partial charge < -0.3 is 20.8 Å². The maximum Gasteiger partial charge on any atom is 0.188 e. The van der Waals surface area contributed by atoms with E-state index in [1.807, 2.05) is 24.4 Å². The maximum atomic E-state index is 5.77. The van der Waals surface area contributed by atoms with Crippen LogP contribution in [0, 0.1) is 0 Å². The third kappa shape index (κ3) is 4.52. The highest BCUT2D eigenvalue weighted by atomic mass is 127. The molecular formula is C15H23IN4O. The average molecular weight is 402 g/mol. The minimum absolute atomic E-state index is 0. The summed E-state index contributed by atoms with van der Waals surface area (Å²) in [5, 5.41) is 4.27. The summed E-state index contributed by atoms with van der Waals surface area (Å²) in [4.78, 5) is 7.47. The fourth-order valence-electron chi connectivity index (χ4n) is 2.20. The van der Waals surface area contributed by atoms with Gasteiger partial charge in [-0.05, 0) is 30.5 Å². The van der Waals surface area contributed by atoms with Gasteiger partial charge in [0.1, 0.15) is 5.75 Å². The Morgan fingerprint density at radius 3 is 2.95 bits per heavy atom. The molecule has 0 bridgehead atoms. The Kier molecular flexibility index (Phi) is 7.35. The monoisotopic (exact) mass is 402 g/mol. The van der Waals surface area contributed by atoms with Gasteiger partial charge in [-0.1, -0.05) is 13.0 Å². The minimum atomic E-state index is 0. The van der Waals surface area contributed by atoms with Gasteiger partial charge in [0.2, 0.25) is 0 Å². The molecule has 0 amide bonds. The molecule has 0 aliphatic carbocycles. The van der Waals surface area contributed by atoms with Crippen molar-refractivity contribution in [3.63, 3.8) is 0 Å². The molecule has 1 heterocycles. The molecule has 0 saturated carbocycles. The molecule has 6 heteroatoms. The standard InChI is InChI=1S/C15H22N4O.HI/c1-3-8-17-15(16)18-9-7-11-10-19-12-5-4-6-13(20-2)14(11)12;/h4-6,10,19H,3,7-9H2,1-2H3,(H3,16,17,18);1H. The first-order chi connectivity index (χ1) is 9.76. The largest absolute Gasteiger partial charge is 0.496 e. The first-order valence-corrected chi connectivity index (χ1v) is 6.93. The number of nitrogens with zero attached hydrogens (tertiary/aromatic N) is 1. The van der Waals surface area contributed by atoms with Crippen LogP contribution in [0.25, 0.3) is 10.9 Å². The number of aromatic amines is 1. The summed E-state index contributed by atoms with van der Waals surface area (Å²) in [6.45, 7) is 3.60. The normalized spacial score (nSPS) is 11.2. The number of ether oxygens (including phenoxy) is 1. The SMILES string of the molecule is CCCN=C(N)NCCc1c[nH]c2cccc(OC)c12.I. The van der Waals surface area contributed by atoms with Crippen LogP contribution in [0.1, 0.15) is 18.9 Å². The van der Waals surface area contributed by atoms with Crippen molar-refractivity contribution < 1.29 is 4.74 Å². The van der Waals surface area contributed by atoms with Crippen LogP contribution in [0.3, 0.4) is 0 Å². The number of nitrogens with two attached hydrogens (primary N) is 1. The number of hydrogen-bond donors (Lipinski definition) is 3. The molecular weight excluding hydrogens is 379 g/mol. The minimum Gasteiger partial charge on any atom is -0.496 e. The second kappa shape index (κ2) is 8.76. The van der Waals surface area contributed by atoms with Crippen LogP contribution in [0.2, 0.25) is 0 Å². The van der Waals surface area contributed by atoms with E-state index in [1.165, 1.54) is 5.56 Å². The Morgan fingerprint density at radius 1 is 1.43 bits per heavy atom. The van der Waals surface area contributed by atoms with Gasteiger partial charge in [0.05, 0.1) is 7.11 Å². The number of halogens is 1. The summed E-state index contributed by atoms with van der Waals surface area (Å²) < 4.78 is 5.42. The van der Waals surface area contributed by atoms with Crippen LogP contribution in [-0.4, -0.2) is 31.1 Å². The third-order valence-corrected chi connectivity index (χ3v) is 3.18. The van der Waals surface area contributed by atoms with E-state index in [4.69, 9.17) is 10.5 Å². The molecule has 4 N–H and O–H groups in total. The predicted molar refractivity (Wildman–Crippen MR) is 98.8 cm³/mol. The zero-order valence-electron chi connectivity index (χ0n) is 12.5. The van der Waals surface area contributed by atoms with E-state index in [-0.39, 0.29) is 24.0 Å². The van der Waals surface area contributed by atoms with Crippen LogP contribution < -0.4 is 15.8 Å². The number of aromatic nitrogens is 1. The zero-order valence-corrected chi connectivity index (χ0v) is 14.8. The Balaban J connectivity index is 0.00000220. The number of nitrogens with one attached hydrogen (secondary N) is 2. The number of hydrogen-bond acceptors (Lipinski definition) is 2. The van der Waals surface area contributed by atoms with E-state index in [0.29, 0.717) is 5.96 Å². The number of guanidine groups is 1. The summed E-state index contributed by atoms with van der Waals surface area (Å²) in [7, 11) is 1.69. The Labute approximate surface area is 142 Å². The van der Waals surface area contributed by atoms with Crippen molar-refractivity contribution in [2.75, 3.05) is 20.2 Å². The van der Waals surface area contributed by atoms with Crippen molar-refractivity contribution in [2.24, 2.45) is 10.7 Å². The van der Waals surface area contributed by atoms with E-state index in [9.17, 15) is 0 Å².